The lowest BCUT2D eigenvalue weighted by atomic mass is 9.69. The van der Waals surface area contributed by atoms with Crippen LogP contribution in [0.4, 0.5) is 13.6 Å². The molecule has 5 aliphatic heterocycles. The summed E-state index contributed by atoms with van der Waals surface area (Å²) in [6.07, 6.45) is -4.46. The number of piperidine rings is 2. The monoisotopic (exact) mass is 654 g/mol. The highest BCUT2D eigenvalue weighted by Crippen LogP contribution is 2.45. The van der Waals surface area contributed by atoms with Gasteiger partial charge in [0.25, 0.3) is 0 Å². The third kappa shape index (κ3) is 6.29. The topological polar surface area (TPSA) is 127 Å². The number of hydrogen-bond acceptors (Lipinski definition) is 9. The van der Waals surface area contributed by atoms with Crippen LogP contribution in [0.5, 0.6) is 0 Å². The molecule has 0 radical (unpaired) electrons. The smallest absolute Gasteiger partial charge is 0.320 e. The number of rotatable bonds is 4. The van der Waals surface area contributed by atoms with Crippen molar-refractivity contribution in [3.05, 3.63) is 0 Å². The quantitative estimate of drug-likeness (QED) is 0.288. The Labute approximate surface area is 272 Å². The molecule has 2 amide bonds. The predicted molar refractivity (Wildman–Crippen MR) is 168 cm³/mol. The number of aliphatic hydroxyl groups is 1. The van der Waals surface area contributed by atoms with Crippen LogP contribution in [0, 0.1) is 29.6 Å². The van der Waals surface area contributed by atoms with Crippen LogP contribution in [-0.4, -0.2) is 127 Å². The van der Waals surface area contributed by atoms with Gasteiger partial charge in [-0.15, -0.1) is 0 Å². The first-order chi connectivity index (χ1) is 22.0. The van der Waals surface area contributed by atoms with Gasteiger partial charge in [0, 0.05) is 61.9 Å². The molecule has 6 fully saturated rings. The fraction of sp³-hybridized carbons (Fsp3) is 0.939. The lowest BCUT2D eigenvalue weighted by Crippen LogP contribution is -2.80. The van der Waals surface area contributed by atoms with Crippen molar-refractivity contribution in [3.8, 4) is 0 Å². The van der Waals surface area contributed by atoms with Crippen LogP contribution in [0.1, 0.15) is 66.7 Å². The Morgan fingerprint density at radius 2 is 1.91 bits per heavy atom. The van der Waals surface area contributed by atoms with E-state index in [-0.39, 0.29) is 55.3 Å². The summed E-state index contributed by atoms with van der Waals surface area (Å²) >= 11 is 0. The molecular weight excluding hydrogens is 598 g/mol. The second kappa shape index (κ2) is 14.1. The molecule has 5 saturated heterocycles. The second-order valence-electron chi connectivity index (χ2n) is 15.1. The maximum Gasteiger partial charge on any atom is 0.320 e. The Morgan fingerprint density at radius 1 is 1.13 bits per heavy atom. The average molecular weight is 655 g/mol. The number of esters is 1. The molecule has 15 atom stereocenters. The van der Waals surface area contributed by atoms with Crippen molar-refractivity contribution >= 4 is 12.0 Å². The molecule has 11 nitrogen and oxygen atoms in total. The molecule has 6 aliphatic rings. The number of nitrogens with zero attached hydrogens (tertiary/aromatic N) is 2. The molecule has 6 rings (SSSR count). The van der Waals surface area contributed by atoms with Crippen molar-refractivity contribution in [2.45, 2.75) is 134 Å². The SMILES string of the molecule is CCC(=O)OC1C(O)COC2CCC(C)C(F)C2C2NC3C(CC2F)C(N2CCNC[C@@H]2C)NC(=O)N3C2C1CCNC2C(C)C. The van der Waals surface area contributed by atoms with E-state index in [9.17, 15) is 14.7 Å². The van der Waals surface area contributed by atoms with Crippen LogP contribution in [0.15, 0.2) is 0 Å². The van der Waals surface area contributed by atoms with Gasteiger partial charge in [0.15, 0.2) is 0 Å². The number of piperazine rings is 1. The largest absolute Gasteiger partial charge is 0.459 e. The Bertz CT molecular complexity index is 1090. The van der Waals surface area contributed by atoms with Gasteiger partial charge in [0.1, 0.15) is 24.6 Å². The first-order valence-corrected chi connectivity index (χ1v) is 17.8. The summed E-state index contributed by atoms with van der Waals surface area (Å²) in [6.45, 7) is 12.6. The Balaban J connectivity index is 1.48. The summed E-state index contributed by atoms with van der Waals surface area (Å²) in [5, 5.41) is 25.6. The van der Waals surface area contributed by atoms with E-state index in [0.717, 1.165) is 13.1 Å². The van der Waals surface area contributed by atoms with Gasteiger partial charge in [-0.2, -0.15) is 0 Å². The Morgan fingerprint density at radius 3 is 2.63 bits per heavy atom. The highest BCUT2D eigenvalue weighted by molar-refractivity contribution is 5.77. The molecule has 2 bridgehead atoms. The van der Waals surface area contributed by atoms with E-state index in [1.807, 2.05) is 11.8 Å². The summed E-state index contributed by atoms with van der Waals surface area (Å²) in [7, 11) is 0. The Hall–Kier alpha value is -1.64. The van der Waals surface area contributed by atoms with E-state index in [2.05, 4.69) is 46.9 Å². The van der Waals surface area contributed by atoms with E-state index in [1.54, 1.807) is 6.92 Å². The van der Waals surface area contributed by atoms with Crippen molar-refractivity contribution in [2.24, 2.45) is 29.6 Å². The number of ether oxygens (including phenoxy) is 2. The van der Waals surface area contributed by atoms with Gasteiger partial charge in [-0.25, -0.2) is 13.6 Å². The normalized spacial score (nSPS) is 47.1. The van der Waals surface area contributed by atoms with Crippen LogP contribution in [0.3, 0.4) is 0 Å². The fourth-order valence-electron chi connectivity index (χ4n) is 9.59. The third-order valence-corrected chi connectivity index (χ3v) is 12.0. The fourth-order valence-corrected chi connectivity index (χ4v) is 9.59. The van der Waals surface area contributed by atoms with Gasteiger partial charge < -0.3 is 35.4 Å². The number of halogens is 2. The van der Waals surface area contributed by atoms with Crippen LogP contribution >= 0.6 is 0 Å². The zero-order chi connectivity index (χ0) is 32.9. The van der Waals surface area contributed by atoms with E-state index in [0.29, 0.717) is 32.4 Å². The van der Waals surface area contributed by atoms with Gasteiger partial charge in [0.2, 0.25) is 0 Å². The minimum absolute atomic E-state index is 0.0842. The van der Waals surface area contributed by atoms with Crippen LogP contribution in [0.25, 0.3) is 0 Å². The van der Waals surface area contributed by atoms with Gasteiger partial charge in [-0.05, 0) is 51.0 Å². The molecule has 0 spiro atoms. The van der Waals surface area contributed by atoms with Crippen molar-refractivity contribution in [1.82, 2.24) is 31.1 Å². The van der Waals surface area contributed by atoms with E-state index >= 15 is 8.78 Å². The minimum atomic E-state index is -1.36. The van der Waals surface area contributed by atoms with Gasteiger partial charge in [-0.1, -0.05) is 27.7 Å². The van der Waals surface area contributed by atoms with Gasteiger partial charge in [-0.3, -0.25) is 15.0 Å². The number of amides is 2. The summed E-state index contributed by atoms with van der Waals surface area (Å²) in [4.78, 5) is 31.5. The summed E-state index contributed by atoms with van der Waals surface area (Å²) < 4.78 is 45.3. The number of urea groups is 1. The maximum atomic E-state index is 16.7. The number of nitrogens with one attached hydrogen (secondary N) is 4. The number of fused-ring (bicyclic) bond motifs is 5. The molecule has 0 aromatic rings. The lowest BCUT2D eigenvalue weighted by molar-refractivity contribution is -0.181. The molecule has 5 heterocycles. The van der Waals surface area contributed by atoms with Crippen LogP contribution < -0.4 is 21.3 Å². The van der Waals surface area contributed by atoms with Gasteiger partial charge in [0.05, 0.1) is 31.1 Å². The second-order valence-corrected chi connectivity index (χ2v) is 15.1. The molecule has 0 aromatic heterocycles. The molecule has 5 N–H and O–H groups in total. The van der Waals surface area contributed by atoms with Crippen molar-refractivity contribution in [1.29, 1.82) is 0 Å². The summed E-state index contributed by atoms with van der Waals surface area (Å²) in [5.74, 6) is -2.17. The lowest BCUT2D eigenvalue weighted by Gasteiger charge is -2.60. The van der Waals surface area contributed by atoms with Crippen LogP contribution in [-0.2, 0) is 14.3 Å². The van der Waals surface area contributed by atoms with E-state index in [1.165, 1.54) is 0 Å². The number of carbonyl (C=O) groups excluding carboxylic acids is 2. The molecule has 262 valence electrons. The van der Waals surface area contributed by atoms with Gasteiger partial charge >= 0.3 is 12.0 Å². The first-order valence-electron chi connectivity index (χ1n) is 17.8. The molecule has 0 aromatic carbocycles. The number of carbonyl (C=O) groups is 2. The maximum absolute atomic E-state index is 16.7. The highest BCUT2D eigenvalue weighted by atomic mass is 19.1. The Kier molecular flexibility index (Phi) is 10.5. The number of hydrogen-bond donors (Lipinski definition) is 5. The van der Waals surface area contributed by atoms with Crippen molar-refractivity contribution in [2.75, 3.05) is 32.8 Å². The third-order valence-electron chi connectivity index (χ3n) is 12.0. The molecular formula is C33H56F2N6O5. The molecule has 1 aliphatic carbocycles. The summed E-state index contributed by atoms with van der Waals surface area (Å²) in [6, 6.07) is -1.72. The number of aliphatic hydroxyl groups excluding tert-OH is 1. The molecule has 14 unspecified atom stereocenters. The zero-order valence-electron chi connectivity index (χ0n) is 28.0. The average Bonchev–Trinajstić information content (AvgIpc) is 3.03. The van der Waals surface area contributed by atoms with E-state index < -0.39 is 72.9 Å². The predicted octanol–water partition coefficient (Wildman–Crippen LogP) is 1.74. The summed E-state index contributed by atoms with van der Waals surface area (Å²) in [5.41, 5.74) is 0. The van der Waals surface area contributed by atoms with Crippen LogP contribution in [0.2, 0.25) is 0 Å². The van der Waals surface area contributed by atoms with E-state index in [4.69, 9.17) is 9.47 Å². The molecule has 46 heavy (non-hydrogen) atoms. The zero-order valence-corrected chi connectivity index (χ0v) is 28.0. The standard InChI is InChI=1S/C33H56F2N6O5/c1-6-24(43)46-30-19-9-10-37-27(16(2)3)29(19)41-32-20(31(39-33(41)44)40-12-11-36-14-18(40)5)13-21(34)28(38-32)25-23(45-15-22(30)42)8-7-17(4)26(25)35/h16-23,25-32,36-38,42H,6-15H2,1-5H3,(H,39,44)/t17?,18-,19?,20?,21?,22?,23?,25?,26?,27?,28?,29?,30?,31?,32?/m0/s1. The molecule has 13 heteroatoms. The highest BCUT2D eigenvalue weighted by Gasteiger charge is 2.59. The first kappa shape index (κ1) is 34.2. The van der Waals surface area contributed by atoms with Crippen molar-refractivity contribution in [3.63, 3.8) is 0 Å². The van der Waals surface area contributed by atoms with Crippen molar-refractivity contribution < 1.29 is 33.0 Å². The number of alkyl halides is 2. The molecule has 1 saturated carbocycles. The minimum Gasteiger partial charge on any atom is -0.459 e.